The average Bonchev–Trinajstić information content (AvgIpc) is 2.84. The zero-order valence-corrected chi connectivity index (χ0v) is 14.7. The number of anilines is 2. The Balaban J connectivity index is 2.26. The smallest absolute Gasteiger partial charge is 0.315 e. The van der Waals surface area contributed by atoms with E-state index in [1.54, 1.807) is 19.2 Å². The second-order valence-electron chi connectivity index (χ2n) is 5.52. The zero-order chi connectivity index (χ0) is 15.8. The minimum absolute atomic E-state index is 0.563. The van der Waals surface area contributed by atoms with E-state index >= 15 is 0 Å². The third kappa shape index (κ3) is 3.27. The number of nitrogens with zero attached hydrogens (tertiary/aromatic N) is 1. The first-order valence-corrected chi connectivity index (χ1v) is 8.12. The summed E-state index contributed by atoms with van der Waals surface area (Å²) in [5.74, 6) is -0.880. The molecule has 0 fully saturated rings. The van der Waals surface area contributed by atoms with Crippen LogP contribution in [0, 0.1) is 13.8 Å². The summed E-state index contributed by atoms with van der Waals surface area (Å²) in [6, 6.07) is 4.06. The number of halogens is 1. The fourth-order valence-electron chi connectivity index (χ4n) is 1.87. The van der Waals surface area contributed by atoms with Crippen LogP contribution in [0.4, 0.5) is 10.8 Å². The summed E-state index contributed by atoms with van der Waals surface area (Å²) in [5, 5.41) is 15.0. The molecule has 1 heterocycles. The van der Waals surface area contributed by atoms with Crippen molar-refractivity contribution in [2.75, 3.05) is 5.32 Å². The van der Waals surface area contributed by atoms with Crippen molar-refractivity contribution in [3.8, 4) is 0 Å². The summed E-state index contributed by atoms with van der Waals surface area (Å²) in [5.41, 5.74) is 2.80. The molecule has 0 spiro atoms. The zero-order valence-electron chi connectivity index (χ0n) is 12.3. The normalized spacial score (nSPS) is 11.5. The summed E-state index contributed by atoms with van der Waals surface area (Å²) in [4.78, 5) is 15.6. The fourth-order valence-corrected chi connectivity index (χ4v) is 3.00. The van der Waals surface area contributed by atoms with E-state index in [9.17, 15) is 9.90 Å². The van der Waals surface area contributed by atoms with Gasteiger partial charge in [-0.3, -0.25) is 4.79 Å². The molecule has 0 amide bonds. The number of thiazole rings is 1. The van der Waals surface area contributed by atoms with Crippen molar-refractivity contribution in [3.63, 3.8) is 0 Å². The molecule has 4 nitrogen and oxygen atoms in total. The molecule has 1 aromatic carbocycles. The Hall–Kier alpha value is -1.40. The Kier molecular flexibility index (Phi) is 4.39. The van der Waals surface area contributed by atoms with Gasteiger partial charge in [-0.1, -0.05) is 15.9 Å². The Bertz CT molecular complexity index is 672. The van der Waals surface area contributed by atoms with Gasteiger partial charge in [0, 0.05) is 15.5 Å². The van der Waals surface area contributed by atoms with Crippen LogP contribution in [0.15, 0.2) is 22.0 Å². The van der Waals surface area contributed by atoms with Crippen LogP contribution >= 0.6 is 27.3 Å². The molecule has 0 radical (unpaired) electrons. The van der Waals surface area contributed by atoms with Gasteiger partial charge in [0.1, 0.15) is 5.41 Å². The Morgan fingerprint density at radius 1 is 1.33 bits per heavy atom. The SMILES string of the molecule is Cc1cc(Nc2nc(C(C)(C)C(=O)O)cs2)cc(C)c1Br. The van der Waals surface area contributed by atoms with Gasteiger partial charge in [-0.2, -0.15) is 0 Å². The molecule has 0 aliphatic heterocycles. The Labute approximate surface area is 136 Å². The molecular formula is C15H17BrN2O2S. The van der Waals surface area contributed by atoms with E-state index < -0.39 is 11.4 Å². The van der Waals surface area contributed by atoms with Crippen LogP contribution in [0.2, 0.25) is 0 Å². The number of carboxylic acids is 1. The quantitative estimate of drug-likeness (QED) is 0.825. The number of carboxylic acid groups (broad SMARTS) is 1. The number of hydrogen-bond acceptors (Lipinski definition) is 4. The lowest BCUT2D eigenvalue weighted by molar-refractivity contribution is -0.142. The maximum Gasteiger partial charge on any atom is 0.315 e. The standard InChI is InChI=1S/C15H17BrN2O2S/c1-8-5-10(6-9(2)12(8)16)17-14-18-11(7-21-14)15(3,4)13(19)20/h5-7H,1-4H3,(H,17,18)(H,19,20). The van der Waals surface area contributed by atoms with Gasteiger partial charge in [0.2, 0.25) is 0 Å². The lowest BCUT2D eigenvalue weighted by Gasteiger charge is -2.15. The van der Waals surface area contributed by atoms with E-state index in [1.165, 1.54) is 11.3 Å². The molecule has 2 N–H and O–H groups in total. The van der Waals surface area contributed by atoms with Gasteiger partial charge in [0.05, 0.1) is 5.69 Å². The minimum atomic E-state index is -0.984. The summed E-state index contributed by atoms with van der Waals surface area (Å²) in [6.07, 6.45) is 0. The number of hydrogen-bond donors (Lipinski definition) is 2. The lowest BCUT2D eigenvalue weighted by Crippen LogP contribution is -2.28. The summed E-state index contributed by atoms with van der Waals surface area (Å²) in [6.45, 7) is 7.37. The predicted octanol–water partition coefficient (Wildman–Crippen LogP) is 4.63. The Morgan fingerprint density at radius 3 is 2.43 bits per heavy atom. The molecule has 21 heavy (non-hydrogen) atoms. The third-order valence-electron chi connectivity index (χ3n) is 3.37. The van der Waals surface area contributed by atoms with E-state index in [1.807, 2.05) is 26.0 Å². The van der Waals surface area contributed by atoms with Crippen LogP contribution in [-0.4, -0.2) is 16.1 Å². The predicted molar refractivity (Wildman–Crippen MR) is 89.7 cm³/mol. The van der Waals surface area contributed by atoms with Gasteiger partial charge < -0.3 is 10.4 Å². The molecule has 0 atom stereocenters. The number of aryl methyl sites for hydroxylation is 2. The van der Waals surface area contributed by atoms with Crippen LogP contribution in [0.1, 0.15) is 30.7 Å². The molecular weight excluding hydrogens is 352 g/mol. The van der Waals surface area contributed by atoms with Gasteiger partial charge in [-0.25, -0.2) is 4.98 Å². The number of aliphatic carboxylic acids is 1. The highest BCUT2D eigenvalue weighted by atomic mass is 79.9. The van der Waals surface area contributed by atoms with Crippen LogP contribution in [0.5, 0.6) is 0 Å². The first kappa shape index (κ1) is 16.0. The van der Waals surface area contributed by atoms with Gasteiger partial charge >= 0.3 is 5.97 Å². The number of aromatic nitrogens is 1. The lowest BCUT2D eigenvalue weighted by atomic mass is 9.90. The molecule has 2 aromatic rings. The van der Waals surface area contributed by atoms with E-state index in [4.69, 9.17) is 0 Å². The highest BCUT2D eigenvalue weighted by Gasteiger charge is 2.32. The molecule has 0 saturated carbocycles. The van der Waals surface area contributed by atoms with Crippen molar-refractivity contribution in [1.82, 2.24) is 4.98 Å². The minimum Gasteiger partial charge on any atom is -0.481 e. The highest BCUT2D eigenvalue weighted by molar-refractivity contribution is 9.10. The van der Waals surface area contributed by atoms with Crippen molar-refractivity contribution < 1.29 is 9.90 Å². The van der Waals surface area contributed by atoms with Crippen LogP contribution in [0.25, 0.3) is 0 Å². The molecule has 112 valence electrons. The van der Waals surface area contributed by atoms with E-state index in [0.29, 0.717) is 10.8 Å². The third-order valence-corrected chi connectivity index (χ3v) is 5.38. The van der Waals surface area contributed by atoms with E-state index in [0.717, 1.165) is 21.3 Å². The van der Waals surface area contributed by atoms with Gasteiger partial charge in [-0.05, 0) is 51.0 Å². The van der Waals surface area contributed by atoms with Crippen molar-refractivity contribution >= 4 is 44.1 Å². The van der Waals surface area contributed by atoms with Gasteiger partial charge in [0.15, 0.2) is 5.13 Å². The summed E-state index contributed by atoms with van der Waals surface area (Å²) >= 11 is 4.95. The monoisotopic (exact) mass is 368 g/mol. The molecule has 0 bridgehead atoms. The molecule has 0 unspecified atom stereocenters. The van der Waals surface area contributed by atoms with Crippen molar-refractivity contribution in [1.29, 1.82) is 0 Å². The number of benzene rings is 1. The molecule has 6 heteroatoms. The number of nitrogens with one attached hydrogen (secondary N) is 1. The number of carbonyl (C=O) groups is 1. The van der Waals surface area contributed by atoms with Crippen LogP contribution in [-0.2, 0) is 10.2 Å². The second kappa shape index (κ2) is 5.77. The fraction of sp³-hybridized carbons (Fsp3) is 0.333. The van der Waals surface area contributed by atoms with Gasteiger partial charge in [-0.15, -0.1) is 11.3 Å². The van der Waals surface area contributed by atoms with Crippen LogP contribution < -0.4 is 5.32 Å². The van der Waals surface area contributed by atoms with E-state index in [2.05, 4.69) is 26.2 Å². The van der Waals surface area contributed by atoms with Crippen molar-refractivity contribution in [2.45, 2.75) is 33.1 Å². The van der Waals surface area contributed by atoms with E-state index in [-0.39, 0.29) is 0 Å². The van der Waals surface area contributed by atoms with Gasteiger partial charge in [0.25, 0.3) is 0 Å². The molecule has 1 aromatic heterocycles. The van der Waals surface area contributed by atoms with Crippen molar-refractivity contribution in [3.05, 3.63) is 38.8 Å². The first-order valence-electron chi connectivity index (χ1n) is 6.45. The number of rotatable bonds is 4. The van der Waals surface area contributed by atoms with Crippen molar-refractivity contribution in [2.24, 2.45) is 0 Å². The van der Waals surface area contributed by atoms with Crippen LogP contribution in [0.3, 0.4) is 0 Å². The summed E-state index contributed by atoms with van der Waals surface area (Å²) in [7, 11) is 0. The maximum absolute atomic E-state index is 11.3. The molecule has 0 aliphatic rings. The Morgan fingerprint density at radius 2 is 1.90 bits per heavy atom. The first-order chi connectivity index (χ1) is 9.71. The molecule has 0 aliphatic carbocycles. The topological polar surface area (TPSA) is 62.2 Å². The molecule has 2 rings (SSSR count). The summed E-state index contributed by atoms with van der Waals surface area (Å²) < 4.78 is 1.10. The highest BCUT2D eigenvalue weighted by Crippen LogP contribution is 2.31. The average molecular weight is 369 g/mol. The second-order valence-corrected chi connectivity index (χ2v) is 7.17. The molecule has 0 saturated heterocycles. The largest absolute Gasteiger partial charge is 0.481 e. The maximum atomic E-state index is 11.3.